The topological polar surface area (TPSA) is 464 Å². The first-order valence-electron chi connectivity index (χ1n) is 24.1. The van der Waals surface area contributed by atoms with Gasteiger partial charge < -0.3 is 81.6 Å². The van der Waals surface area contributed by atoms with Gasteiger partial charge in [-0.05, 0) is 55.4 Å². The Labute approximate surface area is 446 Å². The van der Waals surface area contributed by atoms with Gasteiger partial charge in [0.05, 0.1) is 19.0 Å². The first-order valence-corrected chi connectivity index (χ1v) is 26.5. The van der Waals surface area contributed by atoms with Crippen LogP contribution < -0.4 is 71.6 Å². The maximum atomic E-state index is 14.6. The first kappa shape index (κ1) is 60.9. The summed E-state index contributed by atoms with van der Waals surface area (Å²) < 4.78 is 0. The second-order valence-corrected chi connectivity index (χ2v) is 20.3. The predicted molar refractivity (Wildman–Crippen MR) is 280 cm³/mol. The number of nitrogens with zero attached hydrogens (tertiary/aromatic N) is 2. The van der Waals surface area contributed by atoms with E-state index < -0.39 is 139 Å². The minimum atomic E-state index is -1.78. The van der Waals surface area contributed by atoms with E-state index in [1.807, 2.05) is 0 Å². The fourth-order valence-electron chi connectivity index (χ4n) is 7.96. The Morgan fingerprint density at radius 2 is 1.29 bits per heavy atom. The van der Waals surface area contributed by atoms with Gasteiger partial charge >= 0.3 is 0 Å². The molecule has 0 bridgehead atoms. The molecular formula is C47H67N15O12S2. The van der Waals surface area contributed by atoms with Crippen LogP contribution >= 0.6 is 23.5 Å². The fraction of sp³-hybridized carbons (Fsp3) is 0.489. The van der Waals surface area contributed by atoms with Crippen molar-refractivity contribution in [3.05, 3.63) is 65.7 Å². The highest BCUT2D eigenvalue weighted by molar-refractivity contribution is 8.16. The molecule has 414 valence electrons. The Kier molecular flexibility index (Phi) is 24.6. The standard InChI is InChI=1S/C47H67N15O12S2/c48-28-22-75-24-76-23-34(46(74)62-17-5-9-35(62)45(73)57-29(8-4-16-54-47(52)53)40(68)55-21-38(51)66)61-44(72)33(20-37(50)65)60-41(69)30(14-15-36(49)64)56-42(70)32(18-25-6-2-1-3-7-25)59-43(71)31(58-39(28)67)19-26-10-12-27(63)13-11-26/h1-3,6-7,10-13,28-35,63H,4-5,8-9,14-24,48H2,(H2,49,64)(H2,50,65)(H2,51,66)(H,55,68)(H,56,70)(H,57,73)(H,58,67)(H,59,71)(H,60,69)(H,61,72)(H4,52,53,54)/t28-,29+,30-,31-,32+,33+,34+,35-/m1/s1. The van der Waals surface area contributed by atoms with E-state index in [-0.39, 0.29) is 73.5 Å². The van der Waals surface area contributed by atoms with Gasteiger partial charge in [-0.15, -0.1) is 23.5 Å². The molecule has 0 aromatic heterocycles. The van der Waals surface area contributed by atoms with Crippen LogP contribution in [-0.4, -0.2) is 166 Å². The van der Waals surface area contributed by atoms with Gasteiger partial charge in [-0.25, -0.2) is 0 Å². The largest absolute Gasteiger partial charge is 0.508 e. The van der Waals surface area contributed by atoms with E-state index in [9.17, 15) is 57.8 Å². The summed E-state index contributed by atoms with van der Waals surface area (Å²) in [5.41, 5.74) is 34.5. The highest BCUT2D eigenvalue weighted by Gasteiger charge is 2.40. The van der Waals surface area contributed by atoms with E-state index >= 15 is 0 Å². The minimum Gasteiger partial charge on any atom is -0.508 e. The number of benzene rings is 2. The molecule has 2 aromatic rings. The molecule has 0 spiro atoms. The lowest BCUT2D eigenvalue weighted by molar-refractivity contribution is -0.142. The maximum Gasteiger partial charge on any atom is 0.246 e. The van der Waals surface area contributed by atoms with Crippen molar-refractivity contribution in [1.82, 2.24) is 42.1 Å². The van der Waals surface area contributed by atoms with E-state index in [0.29, 0.717) is 17.5 Å². The van der Waals surface area contributed by atoms with Gasteiger partial charge in [-0.2, -0.15) is 0 Å². The number of primary amides is 3. The molecule has 2 fully saturated rings. The summed E-state index contributed by atoms with van der Waals surface area (Å²) in [6, 6.07) is 3.05. The molecular weight excluding hydrogens is 1030 g/mol. The number of phenolic OH excluding ortho intramolecular Hbond substituents is 1. The van der Waals surface area contributed by atoms with Gasteiger partial charge in [0.25, 0.3) is 0 Å². The van der Waals surface area contributed by atoms with Crippen LogP contribution in [0, 0.1) is 0 Å². The number of hydrogen-bond donors (Lipinski definition) is 14. The van der Waals surface area contributed by atoms with E-state index in [0.717, 1.165) is 11.8 Å². The quantitative estimate of drug-likeness (QED) is 0.0355. The number of thioether (sulfide) groups is 2. The molecule has 0 saturated carbocycles. The van der Waals surface area contributed by atoms with Crippen LogP contribution in [0.25, 0.3) is 0 Å². The Bertz CT molecular complexity index is 2430. The minimum absolute atomic E-state index is 0.00961. The van der Waals surface area contributed by atoms with Gasteiger partial charge in [-0.1, -0.05) is 42.5 Å². The third kappa shape index (κ3) is 20.6. The lowest BCUT2D eigenvalue weighted by atomic mass is 10.0. The molecule has 2 aliphatic heterocycles. The van der Waals surface area contributed by atoms with Gasteiger partial charge in [0.2, 0.25) is 65.0 Å². The highest BCUT2D eigenvalue weighted by Crippen LogP contribution is 2.22. The van der Waals surface area contributed by atoms with Crippen molar-refractivity contribution in [2.45, 2.75) is 106 Å². The Balaban J connectivity index is 1.70. The van der Waals surface area contributed by atoms with Crippen molar-refractivity contribution < 1.29 is 57.8 Å². The van der Waals surface area contributed by atoms with Gasteiger partial charge in [0.1, 0.15) is 48.0 Å². The Hall–Kier alpha value is -7.66. The molecule has 8 atom stereocenters. The summed E-state index contributed by atoms with van der Waals surface area (Å²) in [7, 11) is 0. The molecule has 11 amide bonds. The SMILES string of the molecule is NC(=O)CC[C@H]1NC(=O)[C@H](Cc2ccccc2)NC(=O)[C@@H](Cc2ccc(O)cc2)NC(=O)[C@H](N)CSCSC[C@@H](C(=O)N2CCC[C@@H]2C(=O)N[C@@H](CCCN=C(N)N)C(=O)NCC(N)=O)NC(=O)[C@H](CC(N)=O)NC1=O. The van der Waals surface area contributed by atoms with Crippen molar-refractivity contribution in [2.24, 2.45) is 39.4 Å². The summed E-state index contributed by atoms with van der Waals surface area (Å²) in [6.45, 7) is -0.410. The first-order chi connectivity index (χ1) is 36.1. The lowest BCUT2D eigenvalue weighted by Crippen LogP contribution is -2.61. The zero-order chi connectivity index (χ0) is 55.9. The average molecular weight is 1100 g/mol. The predicted octanol–water partition coefficient (Wildman–Crippen LogP) is -5.36. The molecule has 20 N–H and O–H groups in total. The lowest BCUT2D eigenvalue weighted by Gasteiger charge is -2.31. The molecule has 2 aliphatic rings. The number of amides is 11. The van der Waals surface area contributed by atoms with Crippen molar-refractivity contribution >= 4 is 94.5 Å². The molecule has 0 radical (unpaired) electrons. The van der Waals surface area contributed by atoms with Gasteiger partial charge in [0, 0.05) is 48.9 Å². The summed E-state index contributed by atoms with van der Waals surface area (Å²) in [5.74, 6) is -10.1. The number of nitrogens with two attached hydrogens (primary N) is 6. The van der Waals surface area contributed by atoms with E-state index in [1.165, 1.54) is 40.9 Å². The summed E-state index contributed by atoms with van der Waals surface area (Å²) in [6.07, 6.45) is -1.31. The van der Waals surface area contributed by atoms with Crippen LogP contribution in [0.3, 0.4) is 0 Å². The number of aromatic hydroxyl groups is 1. The number of carbonyl (C=O) groups excluding carboxylic acids is 11. The number of guanidine groups is 1. The molecule has 4 rings (SSSR count). The number of nitrogens with one attached hydrogen (secondary N) is 7. The summed E-state index contributed by atoms with van der Waals surface area (Å²) >= 11 is 2.29. The molecule has 2 heterocycles. The summed E-state index contributed by atoms with van der Waals surface area (Å²) in [4.78, 5) is 153. The smallest absolute Gasteiger partial charge is 0.246 e. The monoisotopic (exact) mass is 1100 g/mol. The zero-order valence-electron chi connectivity index (χ0n) is 41.5. The van der Waals surface area contributed by atoms with E-state index in [1.54, 1.807) is 30.3 Å². The van der Waals surface area contributed by atoms with Crippen LogP contribution in [0.1, 0.15) is 56.1 Å². The van der Waals surface area contributed by atoms with Crippen molar-refractivity contribution in [3.8, 4) is 5.75 Å². The van der Waals surface area contributed by atoms with E-state index in [2.05, 4.69) is 42.2 Å². The average Bonchev–Trinajstić information content (AvgIpc) is 3.87. The number of hydrogen-bond acceptors (Lipinski definition) is 16. The maximum absolute atomic E-state index is 14.6. The Morgan fingerprint density at radius 3 is 1.91 bits per heavy atom. The van der Waals surface area contributed by atoms with Crippen LogP contribution in [-0.2, 0) is 65.6 Å². The number of carbonyl (C=O) groups is 11. The zero-order valence-corrected chi connectivity index (χ0v) is 43.2. The number of aliphatic imine (C=N–C) groups is 1. The number of phenols is 1. The Morgan fingerprint density at radius 1 is 0.711 bits per heavy atom. The van der Waals surface area contributed by atoms with Crippen LogP contribution in [0.5, 0.6) is 5.75 Å². The van der Waals surface area contributed by atoms with Crippen LogP contribution in [0.15, 0.2) is 59.6 Å². The second kappa shape index (κ2) is 30.6. The van der Waals surface area contributed by atoms with Crippen molar-refractivity contribution in [2.75, 3.05) is 36.2 Å². The summed E-state index contributed by atoms with van der Waals surface area (Å²) in [5, 5.41) is 27.9. The third-order valence-corrected chi connectivity index (χ3v) is 14.3. The third-order valence-electron chi connectivity index (χ3n) is 11.8. The van der Waals surface area contributed by atoms with Crippen molar-refractivity contribution in [3.63, 3.8) is 0 Å². The number of rotatable bonds is 19. The normalized spacial score (nSPS) is 22.6. The van der Waals surface area contributed by atoms with Crippen molar-refractivity contribution in [1.29, 1.82) is 0 Å². The molecule has 2 saturated heterocycles. The molecule has 76 heavy (non-hydrogen) atoms. The molecule has 0 aliphatic carbocycles. The molecule has 27 nitrogen and oxygen atoms in total. The molecule has 0 unspecified atom stereocenters. The number of likely N-dealkylation sites (tertiary alicyclic amines) is 1. The van der Waals surface area contributed by atoms with E-state index in [4.69, 9.17) is 34.4 Å². The molecule has 29 heteroatoms. The van der Waals surface area contributed by atoms with Crippen LogP contribution in [0.2, 0.25) is 0 Å². The highest BCUT2D eigenvalue weighted by atomic mass is 32.2. The molecule has 2 aromatic carbocycles. The van der Waals surface area contributed by atoms with Crippen LogP contribution in [0.4, 0.5) is 0 Å². The fourth-order valence-corrected chi connectivity index (χ4v) is 10.1. The second-order valence-electron chi connectivity index (χ2n) is 17.9. The van der Waals surface area contributed by atoms with Gasteiger partial charge in [-0.3, -0.25) is 57.7 Å². The van der Waals surface area contributed by atoms with Gasteiger partial charge in [0.15, 0.2) is 5.96 Å².